The van der Waals surface area contributed by atoms with Crippen molar-refractivity contribution in [2.24, 2.45) is 0 Å². The zero-order chi connectivity index (χ0) is 23.5. The molecule has 4 aromatic rings. The number of nitrogens with one attached hydrogen (secondary N) is 1. The molecule has 1 N–H and O–H groups in total. The minimum absolute atomic E-state index is 0.0856. The molecular weight excluding hydrogens is 428 g/mol. The fraction of sp³-hybridized carbons (Fsp3) is 0.346. The maximum atomic E-state index is 13.2. The van der Waals surface area contributed by atoms with E-state index in [1.165, 1.54) is 0 Å². The number of piperazine rings is 1. The minimum atomic E-state index is -0.102. The number of rotatable bonds is 7. The van der Waals surface area contributed by atoms with Gasteiger partial charge in [-0.2, -0.15) is 0 Å². The van der Waals surface area contributed by atoms with E-state index in [-0.39, 0.29) is 11.5 Å². The van der Waals surface area contributed by atoms with E-state index in [0.717, 1.165) is 50.2 Å². The van der Waals surface area contributed by atoms with Crippen molar-refractivity contribution in [3.8, 4) is 0 Å². The molecule has 1 aliphatic heterocycles. The summed E-state index contributed by atoms with van der Waals surface area (Å²) in [5, 5.41) is 3.04. The number of carbonyl (C=O) groups excluding carboxylic acids is 1. The second-order valence-corrected chi connectivity index (χ2v) is 8.96. The monoisotopic (exact) mass is 458 g/mol. The summed E-state index contributed by atoms with van der Waals surface area (Å²) in [6.07, 6.45) is 4.50. The average molecular weight is 459 g/mol. The number of hydrogen-bond acceptors (Lipinski definition) is 5. The lowest BCUT2D eigenvalue weighted by atomic mass is 10.1. The van der Waals surface area contributed by atoms with Crippen LogP contribution in [0.4, 0.5) is 0 Å². The van der Waals surface area contributed by atoms with Crippen LogP contribution in [0.25, 0.3) is 16.7 Å². The summed E-state index contributed by atoms with van der Waals surface area (Å²) in [7, 11) is 2.15. The second-order valence-electron chi connectivity index (χ2n) is 8.96. The Morgan fingerprint density at radius 2 is 1.85 bits per heavy atom. The molecule has 0 unspecified atom stereocenters. The van der Waals surface area contributed by atoms with Crippen molar-refractivity contribution in [1.82, 2.24) is 29.1 Å². The molecule has 4 heterocycles. The molecule has 5 rings (SSSR count). The van der Waals surface area contributed by atoms with E-state index >= 15 is 0 Å². The first-order chi connectivity index (χ1) is 16.6. The smallest absolute Gasteiger partial charge is 0.276 e. The van der Waals surface area contributed by atoms with Crippen molar-refractivity contribution in [2.75, 3.05) is 46.3 Å². The van der Waals surface area contributed by atoms with E-state index in [4.69, 9.17) is 0 Å². The summed E-state index contributed by atoms with van der Waals surface area (Å²) >= 11 is 0. The molecule has 1 aliphatic rings. The first-order valence-corrected chi connectivity index (χ1v) is 11.8. The molecule has 0 spiro atoms. The van der Waals surface area contributed by atoms with Crippen molar-refractivity contribution in [3.05, 3.63) is 82.4 Å². The fourth-order valence-corrected chi connectivity index (χ4v) is 4.60. The van der Waals surface area contributed by atoms with Crippen LogP contribution < -0.4 is 10.9 Å². The molecule has 34 heavy (non-hydrogen) atoms. The lowest BCUT2D eigenvalue weighted by Gasteiger charge is -2.32. The largest absolute Gasteiger partial charge is 0.352 e. The molecule has 0 aliphatic carbocycles. The summed E-state index contributed by atoms with van der Waals surface area (Å²) in [4.78, 5) is 35.2. The Balaban J connectivity index is 1.27. The second kappa shape index (κ2) is 9.79. The first kappa shape index (κ1) is 22.3. The summed E-state index contributed by atoms with van der Waals surface area (Å²) in [6, 6.07) is 15.0. The first-order valence-electron chi connectivity index (χ1n) is 11.8. The molecule has 8 heteroatoms. The molecule has 1 amide bonds. The van der Waals surface area contributed by atoms with Gasteiger partial charge in [-0.15, -0.1) is 0 Å². The number of carbonyl (C=O) groups is 1. The zero-order valence-corrected chi connectivity index (χ0v) is 19.5. The van der Waals surface area contributed by atoms with E-state index in [9.17, 15) is 9.59 Å². The van der Waals surface area contributed by atoms with Crippen LogP contribution in [0, 0.1) is 0 Å². The number of hydrogen-bond donors (Lipinski definition) is 1. The Morgan fingerprint density at radius 1 is 1.03 bits per heavy atom. The normalized spacial score (nSPS) is 15.2. The van der Waals surface area contributed by atoms with E-state index in [0.29, 0.717) is 29.8 Å². The maximum Gasteiger partial charge on any atom is 0.276 e. The third-order valence-electron chi connectivity index (χ3n) is 6.56. The van der Waals surface area contributed by atoms with Gasteiger partial charge in [-0.05, 0) is 62.0 Å². The van der Waals surface area contributed by atoms with Crippen LogP contribution in [0.3, 0.4) is 0 Å². The molecule has 0 radical (unpaired) electrons. The topological polar surface area (TPSA) is 74.9 Å². The highest BCUT2D eigenvalue weighted by molar-refractivity contribution is 5.94. The molecular formula is C26H30N6O2. The van der Waals surface area contributed by atoms with Crippen molar-refractivity contribution >= 4 is 22.6 Å². The zero-order valence-electron chi connectivity index (χ0n) is 19.5. The van der Waals surface area contributed by atoms with E-state index in [2.05, 4.69) is 27.1 Å². The van der Waals surface area contributed by atoms with E-state index < -0.39 is 0 Å². The standard InChI is InChI=1S/C26H30N6O2/c1-29-14-16-30(17-15-29)12-5-11-28-25(33)21-7-2-6-20(18-21)19-32-24-22(8-3-10-27-24)31-13-4-9-23(31)26(32)34/h2-4,6-10,13,18H,5,11-12,14-17,19H2,1H3,(H,28,33). The lowest BCUT2D eigenvalue weighted by Crippen LogP contribution is -2.45. The van der Waals surface area contributed by atoms with Crippen LogP contribution in [0.15, 0.2) is 65.7 Å². The van der Waals surface area contributed by atoms with Crippen molar-refractivity contribution in [2.45, 2.75) is 13.0 Å². The Bertz CT molecular complexity index is 1370. The molecule has 176 valence electrons. The van der Waals surface area contributed by atoms with Gasteiger partial charge in [-0.25, -0.2) is 4.98 Å². The SMILES string of the molecule is CN1CCN(CCCNC(=O)c2cccc(Cn3c(=O)c4cccn4c4cccnc43)c2)CC1. The van der Waals surface area contributed by atoms with Gasteiger partial charge < -0.3 is 19.5 Å². The average Bonchev–Trinajstić information content (AvgIpc) is 3.36. The predicted molar refractivity (Wildman–Crippen MR) is 133 cm³/mol. The number of likely N-dealkylation sites (N-methyl/N-ethyl adjacent to an activating group) is 1. The number of nitrogens with zero attached hydrogens (tertiary/aromatic N) is 5. The minimum Gasteiger partial charge on any atom is -0.352 e. The Labute approximate surface area is 198 Å². The van der Waals surface area contributed by atoms with Gasteiger partial charge in [0.2, 0.25) is 0 Å². The summed E-state index contributed by atoms with van der Waals surface area (Å²) in [5.74, 6) is -0.0856. The number of aromatic nitrogens is 3. The van der Waals surface area contributed by atoms with Crippen molar-refractivity contribution < 1.29 is 4.79 Å². The molecule has 1 saturated heterocycles. The number of fused-ring (bicyclic) bond motifs is 3. The Kier molecular flexibility index (Phi) is 6.42. The van der Waals surface area contributed by atoms with Crippen LogP contribution in [0.5, 0.6) is 0 Å². The van der Waals surface area contributed by atoms with Gasteiger partial charge >= 0.3 is 0 Å². The van der Waals surface area contributed by atoms with E-state index in [1.807, 2.05) is 59.1 Å². The number of pyridine rings is 1. The molecule has 8 nitrogen and oxygen atoms in total. The highest BCUT2D eigenvalue weighted by Crippen LogP contribution is 2.15. The highest BCUT2D eigenvalue weighted by atomic mass is 16.1. The van der Waals surface area contributed by atoms with Crippen LogP contribution >= 0.6 is 0 Å². The number of amides is 1. The van der Waals surface area contributed by atoms with E-state index in [1.54, 1.807) is 10.8 Å². The van der Waals surface area contributed by atoms with Crippen LogP contribution in [0.1, 0.15) is 22.3 Å². The lowest BCUT2D eigenvalue weighted by molar-refractivity contribution is 0.0949. The molecule has 1 aromatic carbocycles. The van der Waals surface area contributed by atoms with Gasteiger partial charge in [-0.1, -0.05) is 12.1 Å². The fourth-order valence-electron chi connectivity index (χ4n) is 4.60. The van der Waals surface area contributed by atoms with Gasteiger partial charge in [-0.3, -0.25) is 14.2 Å². The third kappa shape index (κ3) is 4.60. The Hall–Kier alpha value is -3.49. The predicted octanol–water partition coefficient (Wildman–Crippen LogP) is 2.06. The summed E-state index contributed by atoms with van der Waals surface area (Å²) in [6.45, 7) is 6.37. The van der Waals surface area contributed by atoms with Crippen LogP contribution in [-0.2, 0) is 6.54 Å². The summed E-state index contributed by atoms with van der Waals surface area (Å²) in [5.41, 5.74) is 3.48. The number of benzene rings is 1. The quantitative estimate of drug-likeness (QED) is 0.429. The van der Waals surface area contributed by atoms with Crippen molar-refractivity contribution in [1.29, 1.82) is 0 Å². The molecule has 1 fully saturated rings. The van der Waals surface area contributed by atoms with Gasteiger partial charge in [0, 0.05) is 50.7 Å². The highest BCUT2D eigenvalue weighted by Gasteiger charge is 2.14. The Morgan fingerprint density at radius 3 is 2.71 bits per heavy atom. The van der Waals surface area contributed by atoms with Gasteiger partial charge in [0.05, 0.1) is 12.1 Å². The van der Waals surface area contributed by atoms with Crippen LogP contribution in [-0.4, -0.2) is 76.0 Å². The molecule has 3 aromatic heterocycles. The van der Waals surface area contributed by atoms with Gasteiger partial charge in [0.15, 0.2) is 5.65 Å². The van der Waals surface area contributed by atoms with Crippen molar-refractivity contribution in [3.63, 3.8) is 0 Å². The van der Waals surface area contributed by atoms with Gasteiger partial charge in [0.25, 0.3) is 11.5 Å². The molecule has 0 atom stereocenters. The third-order valence-corrected chi connectivity index (χ3v) is 6.56. The van der Waals surface area contributed by atoms with Crippen LogP contribution in [0.2, 0.25) is 0 Å². The summed E-state index contributed by atoms with van der Waals surface area (Å²) < 4.78 is 3.55. The molecule has 0 bridgehead atoms. The molecule has 0 saturated carbocycles. The maximum absolute atomic E-state index is 13.2. The van der Waals surface area contributed by atoms with Gasteiger partial charge in [0.1, 0.15) is 5.52 Å².